The summed E-state index contributed by atoms with van der Waals surface area (Å²) in [5, 5.41) is 9.56. The molecule has 0 saturated carbocycles. The Morgan fingerprint density at radius 3 is 2.43 bits per heavy atom. The van der Waals surface area contributed by atoms with Gasteiger partial charge in [-0.05, 0) is 24.1 Å². The Labute approximate surface area is 143 Å². The number of rotatable bonds is 10. The first-order chi connectivity index (χ1) is 11.3. The van der Waals surface area contributed by atoms with Crippen LogP contribution in [0.15, 0.2) is 30.5 Å². The van der Waals surface area contributed by atoms with Crippen molar-refractivity contribution >= 4 is 11.3 Å². The maximum absolute atomic E-state index is 8.82. The lowest BCUT2D eigenvalue weighted by Crippen LogP contribution is -1.96. The van der Waals surface area contributed by atoms with Crippen LogP contribution in [0.3, 0.4) is 0 Å². The quantitative estimate of drug-likeness (QED) is 0.517. The molecule has 0 aliphatic rings. The van der Waals surface area contributed by atoms with E-state index in [9.17, 15) is 0 Å². The van der Waals surface area contributed by atoms with Crippen molar-refractivity contribution in [3.05, 3.63) is 36.0 Å². The molecule has 1 heterocycles. The van der Waals surface area contributed by atoms with Crippen LogP contribution in [0.4, 0.5) is 0 Å². The Bertz CT molecular complexity index is 613. The van der Waals surface area contributed by atoms with Gasteiger partial charge < -0.3 is 4.74 Å². The lowest BCUT2D eigenvalue weighted by molar-refractivity contribution is 0.303. The Balaban J connectivity index is 1.69. The first kappa shape index (κ1) is 17.5. The summed E-state index contributed by atoms with van der Waals surface area (Å²) in [6, 6.07) is 9.69. The standard InChI is InChI=1S/C19H24N2OS/c1-2-3-4-5-6-7-8-13-22-19-21-15-18(23-19)17-11-9-16(14-20)10-12-17/h9-12,15H,2-8,13H2,1H3. The number of ether oxygens (including phenoxy) is 1. The van der Waals surface area contributed by atoms with Crippen LogP contribution in [0, 0.1) is 11.3 Å². The molecule has 4 heteroatoms. The first-order valence-corrected chi connectivity index (χ1v) is 9.24. The monoisotopic (exact) mass is 328 g/mol. The van der Waals surface area contributed by atoms with E-state index in [1.165, 1.54) is 38.5 Å². The van der Waals surface area contributed by atoms with Gasteiger partial charge in [0.15, 0.2) is 0 Å². The fraction of sp³-hybridized carbons (Fsp3) is 0.474. The number of nitriles is 1. The second-order valence-corrected chi connectivity index (χ2v) is 6.64. The molecule has 0 spiro atoms. The molecule has 0 N–H and O–H groups in total. The average molecular weight is 328 g/mol. The Morgan fingerprint density at radius 1 is 1.04 bits per heavy atom. The SMILES string of the molecule is CCCCCCCCCOc1ncc(-c2ccc(C#N)cc2)s1. The van der Waals surface area contributed by atoms with Crippen LogP contribution in [-0.2, 0) is 0 Å². The summed E-state index contributed by atoms with van der Waals surface area (Å²) < 4.78 is 5.74. The number of nitrogens with zero attached hydrogens (tertiary/aromatic N) is 2. The number of hydrogen-bond donors (Lipinski definition) is 0. The van der Waals surface area contributed by atoms with Gasteiger partial charge in [-0.15, -0.1) is 0 Å². The van der Waals surface area contributed by atoms with Crippen LogP contribution in [0.5, 0.6) is 5.19 Å². The summed E-state index contributed by atoms with van der Waals surface area (Å²) in [7, 11) is 0. The Hall–Kier alpha value is -1.86. The van der Waals surface area contributed by atoms with Crippen LogP contribution >= 0.6 is 11.3 Å². The summed E-state index contributed by atoms with van der Waals surface area (Å²) in [5.74, 6) is 0. The zero-order valence-corrected chi connectivity index (χ0v) is 14.6. The summed E-state index contributed by atoms with van der Waals surface area (Å²) in [4.78, 5) is 5.40. The van der Waals surface area contributed by atoms with Crippen molar-refractivity contribution in [2.24, 2.45) is 0 Å². The minimum absolute atomic E-state index is 0.675. The molecule has 0 atom stereocenters. The molecule has 2 aromatic rings. The van der Waals surface area contributed by atoms with Gasteiger partial charge in [0.2, 0.25) is 0 Å². The maximum atomic E-state index is 8.82. The van der Waals surface area contributed by atoms with E-state index in [4.69, 9.17) is 10.00 Å². The number of unbranched alkanes of at least 4 members (excludes halogenated alkanes) is 6. The second kappa shape index (κ2) is 10.0. The largest absolute Gasteiger partial charge is 0.470 e. The molecular weight excluding hydrogens is 304 g/mol. The highest BCUT2D eigenvalue weighted by Crippen LogP contribution is 2.30. The van der Waals surface area contributed by atoms with E-state index in [0.717, 1.165) is 28.7 Å². The normalized spacial score (nSPS) is 10.4. The number of thiazole rings is 1. The lowest BCUT2D eigenvalue weighted by Gasteiger charge is -2.02. The molecule has 2 rings (SSSR count). The van der Waals surface area contributed by atoms with E-state index < -0.39 is 0 Å². The van der Waals surface area contributed by atoms with Gasteiger partial charge in [0.25, 0.3) is 5.19 Å². The number of aromatic nitrogens is 1. The van der Waals surface area contributed by atoms with Crippen LogP contribution in [0.2, 0.25) is 0 Å². The Morgan fingerprint density at radius 2 is 1.74 bits per heavy atom. The summed E-state index contributed by atoms with van der Waals surface area (Å²) >= 11 is 1.56. The first-order valence-electron chi connectivity index (χ1n) is 8.42. The minimum Gasteiger partial charge on any atom is -0.470 e. The van der Waals surface area contributed by atoms with Crippen molar-refractivity contribution in [3.63, 3.8) is 0 Å². The van der Waals surface area contributed by atoms with Crippen molar-refractivity contribution in [1.29, 1.82) is 5.26 Å². The molecule has 0 aliphatic heterocycles. The van der Waals surface area contributed by atoms with Gasteiger partial charge >= 0.3 is 0 Å². The molecule has 0 fully saturated rings. The van der Waals surface area contributed by atoms with Crippen molar-refractivity contribution < 1.29 is 4.74 Å². The van der Waals surface area contributed by atoms with Crippen LogP contribution < -0.4 is 4.74 Å². The minimum atomic E-state index is 0.675. The van der Waals surface area contributed by atoms with Gasteiger partial charge in [-0.25, -0.2) is 4.98 Å². The maximum Gasteiger partial charge on any atom is 0.273 e. The van der Waals surface area contributed by atoms with Gasteiger partial charge in [0, 0.05) is 6.20 Å². The highest BCUT2D eigenvalue weighted by atomic mass is 32.1. The van der Waals surface area contributed by atoms with Crippen LogP contribution in [0.1, 0.15) is 57.4 Å². The summed E-state index contributed by atoms with van der Waals surface area (Å²) in [6.45, 7) is 2.99. The van der Waals surface area contributed by atoms with E-state index in [1.807, 2.05) is 30.5 Å². The van der Waals surface area contributed by atoms with E-state index in [-0.39, 0.29) is 0 Å². The van der Waals surface area contributed by atoms with E-state index in [1.54, 1.807) is 11.3 Å². The smallest absolute Gasteiger partial charge is 0.273 e. The predicted molar refractivity (Wildman–Crippen MR) is 95.8 cm³/mol. The molecule has 0 radical (unpaired) electrons. The topological polar surface area (TPSA) is 45.9 Å². The zero-order valence-electron chi connectivity index (χ0n) is 13.8. The van der Waals surface area contributed by atoms with Crippen molar-refractivity contribution in [2.75, 3.05) is 6.61 Å². The van der Waals surface area contributed by atoms with Gasteiger partial charge in [-0.2, -0.15) is 5.26 Å². The lowest BCUT2D eigenvalue weighted by atomic mass is 10.1. The average Bonchev–Trinajstić information content (AvgIpc) is 3.06. The van der Waals surface area contributed by atoms with Crippen molar-refractivity contribution in [3.8, 4) is 21.7 Å². The van der Waals surface area contributed by atoms with Crippen LogP contribution in [0.25, 0.3) is 10.4 Å². The van der Waals surface area contributed by atoms with Crippen molar-refractivity contribution in [2.45, 2.75) is 51.9 Å². The molecule has 1 aromatic carbocycles. The molecule has 0 unspecified atom stereocenters. The van der Waals surface area contributed by atoms with Crippen molar-refractivity contribution in [1.82, 2.24) is 4.98 Å². The van der Waals surface area contributed by atoms with Gasteiger partial charge in [0.1, 0.15) is 0 Å². The third-order valence-electron chi connectivity index (χ3n) is 3.76. The highest BCUT2D eigenvalue weighted by molar-refractivity contribution is 7.16. The van der Waals surface area contributed by atoms with E-state index in [2.05, 4.69) is 18.0 Å². The molecular formula is C19H24N2OS. The third-order valence-corrected chi connectivity index (χ3v) is 4.72. The highest BCUT2D eigenvalue weighted by Gasteiger charge is 2.05. The molecule has 0 bridgehead atoms. The van der Waals surface area contributed by atoms with Gasteiger partial charge in [-0.1, -0.05) is 68.9 Å². The predicted octanol–water partition coefficient (Wildman–Crippen LogP) is 5.81. The Kier molecular flexibility index (Phi) is 7.62. The summed E-state index contributed by atoms with van der Waals surface area (Å²) in [5.41, 5.74) is 1.75. The van der Waals surface area contributed by atoms with Gasteiger partial charge in [-0.3, -0.25) is 0 Å². The van der Waals surface area contributed by atoms with E-state index in [0.29, 0.717) is 5.56 Å². The number of hydrogen-bond acceptors (Lipinski definition) is 4. The molecule has 3 nitrogen and oxygen atoms in total. The molecule has 0 amide bonds. The number of benzene rings is 1. The molecule has 1 aromatic heterocycles. The molecule has 0 aliphatic carbocycles. The zero-order chi connectivity index (χ0) is 16.3. The van der Waals surface area contributed by atoms with E-state index >= 15 is 0 Å². The second-order valence-electron chi connectivity index (χ2n) is 5.65. The third kappa shape index (κ3) is 6.03. The molecule has 0 saturated heterocycles. The van der Waals surface area contributed by atoms with Gasteiger partial charge in [0.05, 0.1) is 23.1 Å². The molecule has 23 heavy (non-hydrogen) atoms. The fourth-order valence-corrected chi connectivity index (χ4v) is 3.18. The summed E-state index contributed by atoms with van der Waals surface area (Å²) in [6.07, 6.45) is 10.8. The fourth-order valence-electron chi connectivity index (χ4n) is 2.39. The van der Waals surface area contributed by atoms with Crippen LogP contribution in [-0.4, -0.2) is 11.6 Å². The molecule has 122 valence electrons.